The molecule has 0 fully saturated rings. The highest BCUT2D eigenvalue weighted by molar-refractivity contribution is 5.92. The van der Waals surface area contributed by atoms with Crippen LogP contribution in [0.1, 0.15) is 40.2 Å². The van der Waals surface area contributed by atoms with Gasteiger partial charge in [-0.2, -0.15) is 0 Å². The summed E-state index contributed by atoms with van der Waals surface area (Å²) in [7, 11) is 1.67. The van der Waals surface area contributed by atoms with Crippen LogP contribution in [0, 0.1) is 0 Å². The van der Waals surface area contributed by atoms with Crippen LogP contribution >= 0.6 is 0 Å². The van der Waals surface area contributed by atoms with Gasteiger partial charge in [0.2, 0.25) is 0 Å². The molecule has 6 heteroatoms. The van der Waals surface area contributed by atoms with Crippen LogP contribution in [0.3, 0.4) is 0 Å². The summed E-state index contributed by atoms with van der Waals surface area (Å²) in [6.45, 7) is 10.2. The molecule has 0 saturated heterocycles. The van der Waals surface area contributed by atoms with Crippen molar-refractivity contribution >= 4 is 17.6 Å². The van der Waals surface area contributed by atoms with Crippen molar-refractivity contribution in [3.05, 3.63) is 29.8 Å². The Labute approximate surface area is 139 Å². The van der Waals surface area contributed by atoms with Crippen molar-refractivity contribution in [2.24, 2.45) is 21.5 Å². The first-order chi connectivity index (χ1) is 10.5. The van der Waals surface area contributed by atoms with Crippen LogP contribution in [0.5, 0.6) is 0 Å². The van der Waals surface area contributed by atoms with Crippen LogP contribution in [0.2, 0.25) is 0 Å². The maximum atomic E-state index is 5.90. The van der Waals surface area contributed by atoms with Crippen molar-refractivity contribution in [3.63, 3.8) is 0 Å². The van der Waals surface area contributed by atoms with Crippen molar-refractivity contribution in [2.45, 2.75) is 52.1 Å². The van der Waals surface area contributed by atoms with Gasteiger partial charge in [-0.15, -0.1) is 0 Å². The Morgan fingerprint density at radius 3 is 2.04 bits per heavy atom. The lowest BCUT2D eigenvalue weighted by Gasteiger charge is -2.27. The number of nitrogens with one attached hydrogen (secondary N) is 2. The van der Waals surface area contributed by atoms with Crippen molar-refractivity contribution in [1.82, 2.24) is 5.32 Å². The van der Waals surface area contributed by atoms with Crippen LogP contribution in [-0.2, 0) is 6.42 Å². The third-order valence-electron chi connectivity index (χ3n) is 3.04. The molecule has 0 aliphatic rings. The average molecular weight is 318 g/mol. The Morgan fingerprint density at radius 1 is 1.00 bits per heavy atom. The summed E-state index contributed by atoms with van der Waals surface area (Å²) in [4.78, 5) is 8.31. The van der Waals surface area contributed by atoms with Crippen LogP contribution < -0.4 is 22.1 Å². The number of hydrogen-bond donors (Lipinski definition) is 4. The zero-order chi connectivity index (χ0) is 17.7. The van der Waals surface area contributed by atoms with Crippen molar-refractivity contribution < 1.29 is 0 Å². The molecule has 0 radical (unpaired) electrons. The summed E-state index contributed by atoms with van der Waals surface area (Å²) in [5, 5.41) is 6.30. The first kappa shape index (κ1) is 18.8. The van der Waals surface area contributed by atoms with Crippen LogP contribution in [0.25, 0.3) is 0 Å². The van der Waals surface area contributed by atoms with E-state index < -0.39 is 0 Å². The summed E-state index contributed by atoms with van der Waals surface area (Å²) in [6.07, 6.45) is 0.828. The minimum absolute atomic E-state index is 0.175. The molecule has 0 aliphatic carbocycles. The molecule has 1 aromatic carbocycles. The van der Waals surface area contributed by atoms with Gasteiger partial charge in [0.05, 0.1) is 5.54 Å². The summed E-state index contributed by atoms with van der Waals surface area (Å²) in [5.41, 5.74) is 13.4. The molecular weight excluding hydrogens is 288 g/mol. The van der Waals surface area contributed by atoms with Gasteiger partial charge >= 0.3 is 0 Å². The first-order valence-corrected chi connectivity index (χ1v) is 7.72. The number of nitrogens with two attached hydrogens (primary N) is 2. The number of nitrogens with zero attached hydrogens (tertiary/aromatic N) is 2. The monoisotopic (exact) mass is 318 g/mol. The van der Waals surface area contributed by atoms with E-state index in [1.807, 2.05) is 32.9 Å². The number of anilines is 1. The fourth-order valence-corrected chi connectivity index (χ4v) is 2.20. The zero-order valence-corrected chi connectivity index (χ0v) is 15.1. The number of benzene rings is 1. The maximum absolute atomic E-state index is 5.90. The molecule has 23 heavy (non-hydrogen) atoms. The smallest absolute Gasteiger partial charge is 0.193 e. The average Bonchev–Trinajstić information content (AvgIpc) is 2.37. The van der Waals surface area contributed by atoms with Crippen molar-refractivity contribution in [1.29, 1.82) is 0 Å². The molecule has 6 nitrogen and oxygen atoms in total. The van der Waals surface area contributed by atoms with E-state index in [1.54, 1.807) is 7.05 Å². The van der Waals surface area contributed by atoms with E-state index >= 15 is 0 Å². The van der Waals surface area contributed by atoms with Gasteiger partial charge in [0.15, 0.2) is 11.9 Å². The van der Waals surface area contributed by atoms with Gasteiger partial charge in [-0.3, -0.25) is 4.99 Å². The molecule has 6 N–H and O–H groups in total. The quantitative estimate of drug-likeness (QED) is 0.504. The molecule has 0 spiro atoms. The van der Waals surface area contributed by atoms with Gasteiger partial charge in [0.25, 0.3) is 0 Å². The Balaban J connectivity index is 2.72. The molecular formula is C17H30N6. The predicted molar refractivity (Wildman–Crippen MR) is 99.9 cm³/mol. The molecule has 1 aromatic rings. The van der Waals surface area contributed by atoms with Gasteiger partial charge in [-0.25, -0.2) is 4.99 Å². The Kier molecular flexibility index (Phi) is 6.01. The van der Waals surface area contributed by atoms with Crippen molar-refractivity contribution in [2.75, 3.05) is 12.4 Å². The molecule has 0 heterocycles. The SMILES string of the molecule is CN=C(N)NC(C)(C)Cc1ccc(NC(N)=NC(C)(C)C)cc1. The van der Waals surface area contributed by atoms with E-state index in [1.165, 1.54) is 5.56 Å². The van der Waals surface area contributed by atoms with Crippen LogP contribution in [-0.4, -0.2) is 30.0 Å². The molecule has 128 valence electrons. The highest BCUT2D eigenvalue weighted by Crippen LogP contribution is 2.16. The van der Waals surface area contributed by atoms with Gasteiger partial charge in [0, 0.05) is 18.3 Å². The molecule has 0 atom stereocenters. The van der Waals surface area contributed by atoms with Gasteiger partial charge < -0.3 is 22.1 Å². The molecule has 0 amide bonds. The molecule has 0 bridgehead atoms. The second-order valence-corrected chi connectivity index (χ2v) is 7.28. The van der Waals surface area contributed by atoms with E-state index in [0.717, 1.165) is 12.1 Å². The topological polar surface area (TPSA) is 101 Å². The number of guanidine groups is 2. The van der Waals surface area contributed by atoms with E-state index in [0.29, 0.717) is 11.9 Å². The standard InChI is InChI=1S/C17H30N6/c1-16(2,3)22-15(19)21-13-9-7-12(8-10-13)11-17(4,5)23-14(18)20-6/h7-10H,11H2,1-6H3,(H3,18,20,23)(H3,19,21,22). The minimum atomic E-state index is -0.201. The largest absolute Gasteiger partial charge is 0.370 e. The summed E-state index contributed by atoms with van der Waals surface area (Å²) in [6, 6.07) is 8.12. The van der Waals surface area contributed by atoms with E-state index in [-0.39, 0.29) is 11.1 Å². The first-order valence-electron chi connectivity index (χ1n) is 7.72. The van der Waals surface area contributed by atoms with E-state index in [4.69, 9.17) is 11.5 Å². The number of rotatable bonds is 4. The second kappa shape index (κ2) is 7.35. The van der Waals surface area contributed by atoms with Crippen molar-refractivity contribution in [3.8, 4) is 0 Å². The molecule has 1 rings (SSSR count). The van der Waals surface area contributed by atoms with Gasteiger partial charge in [0.1, 0.15) is 0 Å². The predicted octanol–water partition coefficient (Wildman–Crippen LogP) is 2.07. The van der Waals surface area contributed by atoms with Gasteiger partial charge in [-0.05, 0) is 58.7 Å². The van der Waals surface area contributed by atoms with Crippen LogP contribution in [0.4, 0.5) is 5.69 Å². The summed E-state index contributed by atoms with van der Waals surface area (Å²) >= 11 is 0. The Hall–Kier alpha value is -2.24. The molecule has 0 saturated carbocycles. The third-order valence-corrected chi connectivity index (χ3v) is 3.04. The zero-order valence-electron chi connectivity index (χ0n) is 15.1. The number of aliphatic imine (C=N–C) groups is 2. The maximum Gasteiger partial charge on any atom is 0.193 e. The highest BCUT2D eigenvalue weighted by Gasteiger charge is 2.18. The fourth-order valence-electron chi connectivity index (χ4n) is 2.20. The number of hydrogen-bond acceptors (Lipinski definition) is 2. The molecule has 0 aromatic heterocycles. The van der Waals surface area contributed by atoms with Crippen LogP contribution in [0.15, 0.2) is 34.3 Å². The Bertz CT molecular complexity index is 564. The Morgan fingerprint density at radius 2 is 1.57 bits per heavy atom. The third kappa shape index (κ3) is 7.54. The molecule has 0 unspecified atom stereocenters. The normalized spacial score (nSPS) is 13.8. The van der Waals surface area contributed by atoms with Gasteiger partial charge in [-0.1, -0.05) is 12.1 Å². The lowest BCUT2D eigenvalue weighted by molar-refractivity contribution is 0.456. The van der Waals surface area contributed by atoms with E-state index in [2.05, 4.69) is 46.6 Å². The second-order valence-electron chi connectivity index (χ2n) is 7.28. The minimum Gasteiger partial charge on any atom is -0.370 e. The fraction of sp³-hybridized carbons (Fsp3) is 0.529. The molecule has 0 aliphatic heterocycles. The van der Waals surface area contributed by atoms with E-state index in [9.17, 15) is 0 Å². The highest BCUT2D eigenvalue weighted by atomic mass is 15.1. The summed E-state index contributed by atoms with van der Waals surface area (Å²) < 4.78 is 0. The lowest BCUT2D eigenvalue weighted by atomic mass is 9.95. The lowest BCUT2D eigenvalue weighted by Crippen LogP contribution is -2.48. The summed E-state index contributed by atoms with van der Waals surface area (Å²) in [5.74, 6) is 0.860.